The number of allylic oxidation sites excluding steroid dienone is 1. The van der Waals surface area contributed by atoms with E-state index < -0.39 is 5.82 Å². The molecule has 0 aliphatic rings. The topological polar surface area (TPSA) is 68.2 Å². The predicted octanol–water partition coefficient (Wildman–Crippen LogP) is 3.80. The number of anilines is 1. The van der Waals surface area contributed by atoms with E-state index >= 15 is 0 Å². The minimum atomic E-state index is -0.461. The lowest BCUT2D eigenvalue weighted by Crippen LogP contribution is -2.19. The Labute approximate surface area is 143 Å². The quantitative estimate of drug-likeness (QED) is 0.781. The fraction of sp³-hybridized carbons (Fsp3) is 0.111. The predicted molar refractivity (Wildman–Crippen MR) is 91.3 cm³/mol. The Morgan fingerprint density at radius 1 is 1.04 bits per heavy atom. The summed E-state index contributed by atoms with van der Waals surface area (Å²) in [6.07, 6.45) is 0. The molecule has 3 rings (SSSR count). The summed E-state index contributed by atoms with van der Waals surface area (Å²) in [6.45, 7) is 1.70. The summed E-state index contributed by atoms with van der Waals surface area (Å²) in [5, 5.41) is 3.77. The minimum Gasteiger partial charge on any atom is -0.393 e. The van der Waals surface area contributed by atoms with E-state index in [-0.39, 0.29) is 28.8 Å². The van der Waals surface area contributed by atoms with Crippen molar-refractivity contribution in [1.29, 1.82) is 0 Å². The van der Waals surface area contributed by atoms with Gasteiger partial charge in [0.25, 0.3) is 5.89 Å². The number of rotatable bonds is 4. The lowest BCUT2D eigenvalue weighted by molar-refractivity contribution is 0.407. The second-order valence-corrected chi connectivity index (χ2v) is 5.41. The zero-order valence-corrected chi connectivity index (χ0v) is 13.7. The number of halogens is 2. The van der Waals surface area contributed by atoms with Crippen molar-refractivity contribution in [3.63, 3.8) is 0 Å². The first kappa shape index (κ1) is 16.6. The van der Waals surface area contributed by atoms with Gasteiger partial charge in [-0.3, -0.25) is 0 Å². The van der Waals surface area contributed by atoms with Gasteiger partial charge < -0.3 is 15.2 Å². The molecule has 0 radical (unpaired) electrons. The van der Waals surface area contributed by atoms with Crippen LogP contribution in [0.25, 0.3) is 17.1 Å². The molecule has 0 unspecified atom stereocenters. The van der Waals surface area contributed by atoms with Crippen LogP contribution in [0.15, 0.2) is 58.8 Å². The summed E-state index contributed by atoms with van der Waals surface area (Å²) >= 11 is 0. The lowest BCUT2D eigenvalue weighted by Gasteiger charge is -2.21. The summed E-state index contributed by atoms with van der Waals surface area (Å²) in [7, 11) is 1.68. The van der Waals surface area contributed by atoms with Crippen LogP contribution in [0.4, 0.5) is 14.5 Å². The Balaban J connectivity index is 1.95. The molecule has 128 valence electrons. The molecule has 0 spiro atoms. The molecule has 3 aromatic rings. The molecule has 1 aromatic heterocycles. The van der Waals surface area contributed by atoms with E-state index in [1.165, 1.54) is 12.1 Å². The Morgan fingerprint density at radius 3 is 2.36 bits per heavy atom. The summed E-state index contributed by atoms with van der Waals surface area (Å²) in [5.74, 6) is -0.705. The maximum absolute atomic E-state index is 13.9. The van der Waals surface area contributed by atoms with Crippen LogP contribution >= 0.6 is 0 Å². The highest BCUT2D eigenvalue weighted by Gasteiger charge is 2.18. The number of nitrogens with zero attached hydrogens (tertiary/aromatic N) is 3. The average molecular weight is 342 g/mol. The van der Waals surface area contributed by atoms with Crippen molar-refractivity contribution in [3.8, 4) is 11.4 Å². The zero-order valence-electron chi connectivity index (χ0n) is 13.7. The lowest BCUT2D eigenvalue weighted by atomic mass is 10.2. The molecule has 0 aliphatic carbocycles. The molecule has 2 N–H and O–H groups in total. The number of benzene rings is 2. The van der Waals surface area contributed by atoms with E-state index in [1.54, 1.807) is 55.3 Å². The van der Waals surface area contributed by atoms with Crippen LogP contribution in [0.2, 0.25) is 0 Å². The summed E-state index contributed by atoms with van der Waals surface area (Å²) in [5.41, 5.74) is 7.36. The van der Waals surface area contributed by atoms with E-state index in [0.717, 1.165) is 0 Å². The van der Waals surface area contributed by atoms with Crippen LogP contribution in [-0.2, 0) is 0 Å². The molecule has 5 nitrogen and oxygen atoms in total. The fourth-order valence-electron chi connectivity index (χ4n) is 2.32. The SMILES string of the molecule is C/C(=C(/N)c1nc(-c2ccccc2F)no1)N(C)c1ccccc1F. The molecular weight excluding hydrogens is 326 g/mol. The van der Waals surface area contributed by atoms with Gasteiger partial charge >= 0.3 is 0 Å². The normalized spacial score (nSPS) is 12.0. The summed E-state index contributed by atoms with van der Waals surface area (Å²) < 4.78 is 32.9. The van der Waals surface area contributed by atoms with Crippen molar-refractivity contribution in [2.45, 2.75) is 6.92 Å². The molecule has 0 bridgehead atoms. The first-order valence-electron chi connectivity index (χ1n) is 7.52. The van der Waals surface area contributed by atoms with Gasteiger partial charge in [0.15, 0.2) is 0 Å². The minimum absolute atomic E-state index is 0.0407. The molecule has 0 fully saturated rings. The van der Waals surface area contributed by atoms with Gasteiger partial charge in [-0.1, -0.05) is 29.4 Å². The van der Waals surface area contributed by atoms with E-state index in [0.29, 0.717) is 11.4 Å². The molecule has 1 heterocycles. The third-order valence-electron chi connectivity index (χ3n) is 3.88. The molecule has 0 amide bonds. The number of para-hydroxylation sites is 1. The third kappa shape index (κ3) is 3.21. The second kappa shape index (κ2) is 6.72. The van der Waals surface area contributed by atoms with Crippen LogP contribution in [0.1, 0.15) is 12.8 Å². The number of hydrogen-bond acceptors (Lipinski definition) is 5. The zero-order chi connectivity index (χ0) is 18.0. The smallest absolute Gasteiger partial charge is 0.275 e. The van der Waals surface area contributed by atoms with E-state index in [9.17, 15) is 8.78 Å². The number of hydrogen-bond donors (Lipinski definition) is 1. The Hall–Kier alpha value is -3.22. The molecule has 0 atom stereocenters. The van der Waals surface area contributed by atoms with E-state index in [2.05, 4.69) is 10.1 Å². The van der Waals surface area contributed by atoms with Gasteiger partial charge in [-0.25, -0.2) is 8.78 Å². The van der Waals surface area contributed by atoms with Gasteiger partial charge in [0.1, 0.15) is 17.3 Å². The molecule has 0 aliphatic heterocycles. The van der Waals surface area contributed by atoms with Crippen molar-refractivity contribution >= 4 is 11.4 Å². The van der Waals surface area contributed by atoms with Gasteiger partial charge in [0.2, 0.25) is 5.82 Å². The fourth-order valence-corrected chi connectivity index (χ4v) is 2.32. The van der Waals surface area contributed by atoms with Crippen molar-refractivity contribution in [2.24, 2.45) is 5.73 Å². The van der Waals surface area contributed by atoms with Crippen LogP contribution in [0.3, 0.4) is 0 Å². The van der Waals surface area contributed by atoms with Gasteiger partial charge in [-0.05, 0) is 31.2 Å². The van der Waals surface area contributed by atoms with Crippen molar-refractivity contribution in [1.82, 2.24) is 10.1 Å². The maximum Gasteiger partial charge on any atom is 0.275 e. The molecule has 0 saturated heterocycles. The molecule has 0 saturated carbocycles. The van der Waals surface area contributed by atoms with Gasteiger partial charge in [0.05, 0.1) is 11.3 Å². The van der Waals surface area contributed by atoms with Gasteiger partial charge in [-0.2, -0.15) is 4.98 Å². The first-order valence-corrected chi connectivity index (χ1v) is 7.52. The Morgan fingerprint density at radius 2 is 1.68 bits per heavy atom. The summed E-state index contributed by atoms with van der Waals surface area (Å²) in [6, 6.07) is 12.4. The highest BCUT2D eigenvalue weighted by molar-refractivity contribution is 5.67. The molecule has 25 heavy (non-hydrogen) atoms. The summed E-state index contributed by atoms with van der Waals surface area (Å²) in [4.78, 5) is 5.72. The van der Waals surface area contributed by atoms with E-state index in [4.69, 9.17) is 10.3 Å². The second-order valence-electron chi connectivity index (χ2n) is 5.41. The third-order valence-corrected chi connectivity index (χ3v) is 3.88. The average Bonchev–Trinajstić information content (AvgIpc) is 3.10. The van der Waals surface area contributed by atoms with Crippen LogP contribution in [-0.4, -0.2) is 17.2 Å². The molecular formula is C18H16F2N4O. The number of aromatic nitrogens is 2. The maximum atomic E-state index is 13.9. The monoisotopic (exact) mass is 342 g/mol. The highest BCUT2D eigenvalue weighted by atomic mass is 19.1. The van der Waals surface area contributed by atoms with Crippen molar-refractivity contribution in [2.75, 3.05) is 11.9 Å². The van der Waals surface area contributed by atoms with E-state index in [1.807, 2.05) is 0 Å². The van der Waals surface area contributed by atoms with Crippen LogP contribution in [0.5, 0.6) is 0 Å². The molecule has 2 aromatic carbocycles. The Bertz CT molecular complexity index is 936. The largest absolute Gasteiger partial charge is 0.393 e. The van der Waals surface area contributed by atoms with Crippen molar-refractivity contribution in [3.05, 3.63) is 71.8 Å². The first-order chi connectivity index (χ1) is 12.0. The molecule has 7 heteroatoms. The Kier molecular flexibility index (Phi) is 4.47. The van der Waals surface area contributed by atoms with Crippen LogP contribution in [0, 0.1) is 11.6 Å². The van der Waals surface area contributed by atoms with Gasteiger partial charge in [-0.15, -0.1) is 0 Å². The van der Waals surface area contributed by atoms with Crippen LogP contribution < -0.4 is 10.6 Å². The highest BCUT2D eigenvalue weighted by Crippen LogP contribution is 2.25. The van der Waals surface area contributed by atoms with Gasteiger partial charge in [0, 0.05) is 12.7 Å². The van der Waals surface area contributed by atoms with Crippen molar-refractivity contribution < 1.29 is 13.3 Å². The standard InChI is InChI=1S/C18H16F2N4O/c1-11(24(2)15-10-6-5-9-14(15)20)16(21)18-22-17(23-25-18)12-7-3-4-8-13(12)19/h3-10H,21H2,1-2H3/b16-11-. The number of nitrogens with two attached hydrogens (primary N) is 1.